The normalized spacial score (nSPS) is 10.7. The van der Waals surface area contributed by atoms with E-state index in [2.05, 4.69) is 26.2 Å². The molecule has 2 aromatic rings. The van der Waals surface area contributed by atoms with Crippen molar-refractivity contribution in [1.29, 1.82) is 0 Å². The van der Waals surface area contributed by atoms with Gasteiger partial charge in [0, 0.05) is 29.4 Å². The predicted molar refractivity (Wildman–Crippen MR) is 98.4 cm³/mol. The van der Waals surface area contributed by atoms with Gasteiger partial charge in [0.1, 0.15) is 11.6 Å². The second kappa shape index (κ2) is 8.53. The summed E-state index contributed by atoms with van der Waals surface area (Å²) in [6.07, 6.45) is 4.19. The third-order valence-electron chi connectivity index (χ3n) is 3.30. The van der Waals surface area contributed by atoms with Gasteiger partial charge in [-0.2, -0.15) is 0 Å². The number of benzene rings is 1. The third-order valence-corrected chi connectivity index (χ3v) is 3.80. The van der Waals surface area contributed by atoms with Crippen molar-refractivity contribution in [2.75, 3.05) is 18.9 Å². The Morgan fingerprint density at radius 3 is 2.80 bits per heavy atom. The highest BCUT2D eigenvalue weighted by Crippen LogP contribution is 2.16. The van der Waals surface area contributed by atoms with Crippen LogP contribution in [0.1, 0.15) is 11.1 Å². The molecular formula is C18H17BrFN3O2. The summed E-state index contributed by atoms with van der Waals surface area (Å²) < 4.78 is 14.3. The topological polar surface area (TPSA) is 62.3 Å². The molecule has 2 rings (SSSR count). The van der Waals surface area contributed by atoms with Gasteiger partial charge in [0.05, 0.1) is 6.54 Å². The molecule has 2 amide bonds. The van der Waals surface area contributed by atoms with E-state index in [1.54, 1.807) is 24.4 Å². The molecule has 0 bridgehead atoms. The number of hydrogen-bond donors (Lipinski definition) is 1. The summed E-state index contributed by atoms with van der Waals surface area (Å²) in [4.78, 5) is 29.3. The lowest BCUT2D eigenvalue weighted by Gasteiger charge is -2.14. The number of pyridine rings is 1. The van der Waals surface area contributed by atoms with E-state index in [0.29, 0.717) is 10.3 Å². The maximum Gasteiger partial charge on any atom is 0.246 e. The number of nitrogens with zero attached hydrogens (tertiary/aromatic N) is 2. The number of rotatable bonds is 5. The summed E-state index contributed by atoms with van der Waals surface area (Å²) in [5.74, 6) is -0.779. The Hall–Kier alpha value is -2.54. The van der Waals surface area contributed by atoms with E-state index in [1.807, 2.05) is 13.0 Å². The van der Waals surface area contributed by atoms with Gasteiger partial charge < -0.3 is 10.2 Å². The Labute approximate surface area is 153 Å². The average Bonchev–Trinajstić information content (AvgIpc) is 2.55. The van der Waals surface area contributed by atoms with Gasteiger partial charge in [-0.1, -0.05) is 15.9 Å². The van der Waals surface area contributed by atoms with Gasteiger partial charge in [0.25, 0.3) is 0 Å². The fourth-order valence-corrected chi connectivity index (χ4v) is 2.39. The zero-order chi connectivity index (χ0) is 18.4. The Bertz CT molecular complexity index is 824. The van der Waals surface area contributed by atoms with Crippen LogP contribution in [-0.2, 0) is 9.59 Å². The van der Waals surface area contributed by atoms with Gasteiger partial charge in [-0.05, 0) is 48.9 Å². The van der Waals surface area contributed by atoms with Crippen molar-refractivity contribution in [3.8, 4) is 0 Å². The maximum absolute atomic E-state index is 13.6. The lowest BCUT2D eigenvalue weighted by atomic mass is 10.2. The second-order valence-electron chi connectivity index (χ2n) is 5.46. The molecule has 5 nitrogen and oxygen atoms in total. The smallest absolute Gasteiger partial charge is 0.246 e. The van der Waals surface area contributed by atoms with E-state index in [-0.39, 0.29) is 18.0 Å². The Balaban J connectivity index is 1.94. The number of hydrogen-bond acceptors (Lipinski definition) is 3. The molecule has 0 aliphatic rings. The van der Waals surface area contributed by atoms with Crippen molar-refractivity contribution in [3.63, 3.8) is 0 Å². The van der Waals surface area contributed by atoms with Crippen LogP contribution in [0.5, 0.6) is 0 Å². The number of amides is 2. The SMILES string of the molecule is Cc1ccnc(NC(=O)CN(C)C(=O)/C=C/c2cc(Br)ccc2F)c1. The zero-order valence-electron chi connectivity index (χ0n) is 13.8. The number of halogens is 2. The molecule has 0 aliphatic carbocycles. The quantitative estimate of drug-likeness (QED) is 0.775. The number of likely N-dealkylation sites (N-methyl/N-ethyl adjacent to an activating group) is 1. The monoisotopic (exact) mass is 405 g/mol. The molecule has 1 aromatic carbocycles. The van der Waals surface area contributed by atoms with Crippen LogP contribution in [0.15, 0.2) is 47.1 Å². The molecule has 1 N–H and O–H groups in total. The molecule has 1 heterocycles. The molecule has 1 aromatic heterocycles. The molecule has 0 aliphatic heterocycles. The van der Waals surface area contributed by atoms with Crippen LogP contribution in [0.25, 0.3) is 6.08 Å². The van der Waals surface area contributed by atoms with Crippen molar-refractivity contribution in [1.82, 2.24) is 9.88 Å². The predicted octanol–water partition coefficient (Wildman–Crippen LogP) is 3.40. The van der Waals surface area contributed by atoms with Crippen LogP contribution >= 0.6 is 15.9 Å². The number of nitrogens with one attached hydrogen (secondary N) is 1. The first-order valence-corrected chi connectivity index (χ1v) is 8.25. The highest BCUT2D eigenvalue weighted by molar-refractivity contribution is 9.10. The standard InChI is InChI=1S/C18H17BrFN3O2/c1-12-7-8-21-16(9-12)22-17(24)11-23(2)18(25)6-3-13-10-14(19)4-5-15(13)20/h3-10H,11H2,1-2H3,(H,21,22,24)/b6-3+. The van der Waals surface area contributed by atoms with Gasteiger partial charge >= 0.3 is 0 Å². The summed E-state index contributed by atoms with van der Waals surface area (Å²) in [6.45, 7) is 1.75. The highest BCUT2D eigenvalue weighted by Gasteiger charge is 2.11. The van der Waals surface area contributed by atoms with Crippen molar-refractivity contribution in [2.45, 2.75) is 6.92 Å². The van der Waals surface area contributed by atoms with E-state index < -0.39 is 11.7 Å². The Morgan fingerprint density at radius 2 is 2.08 bits per heavy atom. The van der Waals surface area contributed by atoms with Crippen LogP contribution < -0.4 is 5.32 Å². The second-order valence-corrected chi connectivity index (χ2v) is 6.38. The molecule has 0 saturated heterocycles. The molecule has 0 atom stereocenters. The number of carbonyl (C=O) groups is 2. The minimum absolute atomic E-state index is 0.139. The fraction of sp³-hybridized carbons (Fsp3) is 0.167. The lowest BCUT2D eigenvalue weighted by molar-refractivity contribution is -0.129. The molecule has 130 valence electrons. The first-order valence-electron chi connectivity index (χ1n) is 7.46. The van der Waals surface area contributed by atoms with Gasteiger partial charge in [0.2, 0.25) is 11.8 Å². The molecule has 0 saturated carbocycles. The summed E-state index contributed by atoms with van der Waals surface area (Å²) in [5, 5.41) is 2.62. The van der Waals surface area contributed by atoms with Crippen LogP contribution in [0.2, 0.25) is 0 Å². The number of carbonyl (C=O) groups excluding carboxylic acids is 2. The average molecular weight is 406 g/mol. The molecular weight excluding hydrogens is 389 g/mol. The van der Waals surface area contributed by atoms with Gasteiger partial charge in [-0.25, -0.2) is 9.37 Å². The van der Waals surface area contributed by atoms with Crippen LogP contribution in [0.3, 0.4) is 0 Å². The van der Waals surface area contributed by atoms with Gasteiger partial charge in [-0.3, -0.25) is 9.59 Å². The lowest BCUT2D eigenvalue weighted by Crippen LogP contribution is -2.34. The van der Waals surface area contributed by atoms with Gasteiger partial charge in [-0.15, -0.1) is 0 Å². The molecule has 0 fully saturated rings. The number of aromatic nitrogens is 1. The fourth-order valence-electron chi connectivity index (χ4n) is 2.01. The summed E-state index contributed by atoms with van der Waals surface area (Å²) in [5.41, 5.74) is 1.25. The van der Waals surface area contributed by atoms with Gasteiger partial charge in [0.15, 0.2) is 0 Å². The zero-order valence-corrected chi connectivity index (χ0v) is 15.4. The van der Waals surface area contributed by atoms with Crippen molar-refractivity contribution in [3.05, 3.63) is 64.0 Å². The summed E-state index contributed by atoms with van der Waals surface area (Å²) in [6, 6.07) is 7.99. The van der Waals surface area contributed by atoms with Crippen molar-refractivity contribution in [2.24, 2.45) is 0 Å². The van der Waals surface area contributed by atoms with Crippen LogP contribution in [0, 0.1) is 12.7 Å². The Kier molecular flexibility index (Phi) is 6.41. The van der Waals surface area contributed by atoms with Crippen molar-refractivity contribution >= 4 is 39.6 Å². The number of anilines is 1. The largest absolute Gasteiger partial charge is 0.333 e. The van der Waals surface area contributed by atoms with Crippen LogP contribution in [-0.4, -0.2) is 35.3 Å². The minimum atomic E-state index is -0.432. The van der Waals surface area contributed by atoms with E-state index in [9.17, 15) is 14.0 Å². The molecule has 0 radical (unpaired) electrons. The molecule has 25 heavy (non-hydrogen) atoms. The third kappa shape index (κ3) is 5.79. The van der Waals surface area contributed by atoms with E-state index >= 15 is 0 Å². The molecule has 0 spiro atoms. The Morgan fingerprint density at radius 1 is 1.32 bits per heavy atom. The van der Waals surface area contributed by atoms with E-state index in [4.69, 9.17) is 0 Å². The minimum Gasteiger partial charge on any atom is -0.333 e. The highest BCUT2D eigenvalue weighted by atomic mass is 79.9. The molecule has 7 heteroatoms. The summed E-state index contributed by atoms with van der Waals surface area (Å²) >= 11 is 3.25. The van der Waals surface area contributed by atoms with Crippen LogP contribution in [0.4, 0.5) is 10.2 Å². The van der Waals surface area contributed by atoms with Crippen molar-refractivity contribution < 1.29 is 14.0 Å². The first-order chi connectivity index (χ1) is 11.8. The van der Waals surface area contributed by atoms with E-state index in [0.717, 1.165) is 5.56 Å². The van der Waals surface area contributed by atoms with E-state index in [1.165, 1.54) is 30.2 Å². The molecule has 0 unspecified atom stereocenters. The maximum atomic E-state index is 13.6. The number of aryl methyl sites for hydroxylation is 1. The summed E-state index contributed by atoms with van der Waals surface area (Å²) in [7, 11) is 1.49. The first kappa shape index (κ1) is 18.8.